The van der Waals surface area contributed by atoms with Gasteiger partial charge in [-0.15, -0.1) is 0 Å². The fourth-order valence-electron chi connectivity index (χ4n) is 1.45. The van der Waals surface area contributed by atoms with Crippen molar-refractivity contribution < 1.29 is 14.8 Å². The summed E-state index contributed by atoms with van der Waals surface area (Å²) in [7, 11) is 0. The van der Waals surface area contributed by atoms with E-state index in [4.69, 9.17) is 0 Å². The Kier molecular flexibility index (Phi) is 3.75. The highest BCUT2D eigenvalue weighted by molar-refractivity contribution is 5.93. The van der Waals surface area contributed by atoms with E-state index in [2.05, 4.69) is 15.5 Å². The summed E-state index contributed by atoms with van der Waals surface area (Å²) >= 11 is 0. The van der Waals surface area contributed by atoms with E-state index in [0.717, 1.165) is 12.3 Å². The number of hydrogen-bond acceptors (Lipinski definition) is 5. The lowest BCUT2D eigenvalue weighted by atomic mass is 10.2. The number of hydrogen-bond donors (Lipinski definition) is 3. The molecule has 1 amide bonds. The lowest BCUT2D eigenvalue weighted by Crippen LogP contribution is -2.17. The summed E-state index contributed by atoms with van der Waals surface area (Å²) in [5.41, 5.74) is 2.50. The Morgan fingerprint density at radius 3 is 2.90 bits per heavy atom. The fraction of sp³-hybridized carbons (Fsp3) is 0. The second-order valence-electron chi connectivity index (χ2n) is 3.78. The molecule has 8 nitrogen and oxygen atoms in total. The van der Waals surface area contributed by atoms with Gasteiger partial charge in [-0.2, -0.15) is 5.10 Å². The highest BCUT2D eigenvalue weighted by atomic mass is 16.6. The van der Waals surface area contributed by atoms with Gasteiger partial charge in [-0.1, -0.05) is 0 Å². The second-order valence-corrected chi connectivity index (χ2v) is 3.78. The molecule has 0 radical (unpaired) electrons. The van der Waals surface area contributed by atoms with Crippen molar-refractivity contribution in [3.63, 3.8) is 0 Å². The van der Waals surface area contributed by atoms with Crippen molar-refractivity contribution >= 4 is 17.8 Å². The number of nitro benzene ring substituents is 1. The van der Waals surface area contributed by atoms with Crippen molar-refractivity contribution in [3.8, 4) is 5.75 Å². The molecule has 0 atom stereocenters. The van der Waals surface area contributed by atoms with Crippen LogP contribution < -0.4 is 5.43 Å². The van der Waals surface area contributed by atoms with Gasteiger partial charge < -0.3 is 10.1 Å². The largest absolute Gasteiger partial charge is 0.507 e. The van der Waals surface area contributed by atoms with E-state index in [9.17, 15) is 20.0 Å². The van der Waals surface area contributed by atoms with E-state index in [1.165, 1.54) is 12.1 Å². The lowest BCUT2D eigenvalue weighted by Gasteiger charge is -1.99. The number of aromatic amines is 1. The van der Waals surface area contributed by atoms with Gasteiger partial charge >= 0.3 is 0 Å². The van der Waals surface area contributed by atoms with E-state index in [0.29, 0.717) is 5.69 Å². The van der Waals surface area contributed by atoms with Crippen molar-refractivity contribution in [1.82, 2.24) is 10.4 Å². The number of nitrogens with one attached hydrogen (secondary N) is 2. The number of non-ortho nitro benzene ring substituents is 1. The van der Waals surface area contributed by atoms with Crippen LogP contribution in [0.1, 0.15) is 16.1 Å². The minimum atomic E-state index is -0.589. The van der Waals surface area contributed by atoms with Gasteiger partial charge in [0.05, 0.1) is 11.1 Å². The number of amides is 1. The second kappa shape index (κ2) is 5.65. The summed E-state index contributed by atoms with van der Waals surface area (Å²) in [5.74, 6) is -0.635. The van der Waals surface area contributed by atoms with E-state index >= 15 is 0 Å². The van der Waals surface area contributed by atoms with Crippen LogP contribution in [-0.2, 0) is 0 Å². The monoisotopic (exact) mass is 274 g/mol. The van der Waals surface area contributed by atoms with Crippen LogP contribution >= 0.6 is 0 Å². The number of hydrazone groups is 1. The van der Waals surface area contributed by atoms with Gasteiger partial charge in [-0.05, 0) is 18.2 Å². The summed E-state index contributed by atoms with van der Waals surface area (Å²) < 4.78 is 0. The van der Waals surface area contributed by atoms with E-state index in [-0.39, 0.29) is 17.0 Å². The van der Waals surface area contributed by atoms with Crippen molar-refractivity contribution in [2.75, 3.05) is 0 Å². The van der Waals surface area contributed by atoms with Crippen molar-refractivity contribution in [2.45, 2.75) is 0 Å². The predicted molar refractivity (Wildman–Crippen MR) is 70.6 cm³/mol. The van der Waals surface area contributed by atoms with Crippen molar-refractivity contribution in [1.29, 1.82) is 0 Å². The van der Waals surface area contributed by atoms with Crippen LogP contribution in [0.2, 0.25) is 0 Å². The number of benzene rings is 1. The van der Waals surface area contributed by atoms with Crippen LogP contribution in [0, 0.1) is 10.1 Å². The molecule has 1 aromatic carbocycles. The summed E-state index contributed by atoms with van der Waals surface area (Å²) in [4.78, 5) is 24.2. The first-order chi connectivity index (χ1) is 9.58. The minimum Gasteiger partial charge on any atom is -0.507 e. The van der Waals surface area contributed by atoms with E-state index in [1.807, 2.05) is 0 Å². The Bertz CT molecular complexity index is 664. The molecule has 0 aliphatic carbocycles. The van der Waals surface area contributed by atoms with Crippen LogP contribution in [0.3, 0.4) is 0 Å². The Balaban J connectivity index is 2.09. The Morgan fingerprint density at radius 1 is 1.45 bits per heavy atom. The first-order valence-corrected chi connectivity index (χ1v) is 5.52. The van der Waals surface area contributed by atoms with Crippen molar-refractivity contribution in [2.24, 2.45) is 5.10 Å². The molecule has 3 N–H and O–H groups in total. The zero-order valence-corrected chi connectivity index (χ0v) is 10.1. The van der Waals surface area contributed by atoms with Crippen LogP contribution in [-0.4, -0.2) is 27.1 Å². The quantitative estimate of drug-likeness (QED) is 0.443. The lowest BCUT2D eigenvalue weighted by molar-refractivity contribution is -0.384. The number of nitrogens with zero attached hydrogens (tertiary/aromatic N) is 2. The van der Waals surface area contributed by atoms with Gasteiger partial charge in [0.25, 0.3) is 11.6 Å². The maximum atomic E-state index is 11.5. The Hall–Kier alpha value is -3.16. The number of nitro groups is 1. The molecular formula is C12H10N4O4. The van der Waals surface area contributed by atoms with Gasteiger partial charge in [-0.25, -0.2) is 5.43 Å². The molecule has 2 rings (SSSR count). The fourth-order valence-corrected chi connectivity index (χ4v) is 1.45. The summed E-state index contributed by atoms with van der Waals surface area (Å²) in [6, 6.07) is 6.73. The Morgan fingerprint density at radius 2 is 2.25 bits per heavy atom. The normalized spacial score (nSPS) is 10.6. The highest BCUT2D eigenvalue weighted by Gasteiger charge is 2.09. The maximum absolute atomic E-state index is 11.5. The van der Waals surface area contributed by atoms with Crippen LogP contribution in [0.25, 0.3) is 0 Å². The van der Waals surface area contributed by atoms with Crippen LogP contribution in [0.5, 0.6) is 5.75 Å². The van der Waals surface area contributed by atoms with Gasteiger partial charge in [0.2, 0.25) is 0 Å². The minimum absolute atomic E-state index is 0.131. The summed E-state index contributed by atoms with van der Waals surface area (Å²) in [5, 5.41) is 23.8. The first kappa shape index (κ1) is 13.3. The highest BCUT2D eigenvalue weighted by Crippen LogP contribution is 2.21. The Labute approximate surface area is 112 Å². The van der Waals surface area contributed by atoms with Crippen molar-refractivity contribution in [3.05, 3.63) is 57.9 Å². The molecule has 1 aromatic heterocycles. The number of carbonyl (C=O) groups is 1. The topological polar surface area (TPSA) is 121 Å². The molecule has 8 heteroatoms. The average Bonchev–Trinajstić information content (AvgIpc) is 2.94. The maximum Gasteiger partial charge on any atom is 0.287 e. The van der Waals surface area contributed by atoms with Gasteiger partial charge in [-0.3, -0.25) is 14.9 Å². The number of aromatic hydroxyl groups is 1. The van der Waals surface area contributed by atoms with Gasteiger partial charge in [0.15, 0.2) is 0 Å². The van der Waals surface area contributed by atoms with E-state index in [1.54, 1.807) is 18.3 Å². The average molecular weight is 274 g/mol. The van der Waals surface area contributed by atoms with Crippen LogP contribution in [0.4, 0.5) is 5.69 Å². The molecule has 20 heavy (non-hydrogen) atoms. The zero-order valence-electron chi connectivity index (χ0n) is 10.1. The molecule has 0 aliphatic heterocycles. The van der Waals surface area contributed by atoms with Gasteiger partial charge in [0, 0.05) is 23.9 Å². The molecule has 0 fully saturated rings. The SMILES string of the molecule is O=C(N/N=C\c1cc([N+](=O)[O-])ccc1O)c1ccc[nH]1. The molecule has 0 aliphatic rings. The molecule has 0 saturated carbocycles. The molecule has 0 spiro atoms. The smallest absolute Gasteiger partial charge is 0.287 e. The third kappa shape index (κ3) is 2.99. The first-order valence-electron chi connectivity index (χ1n) is 5.52. The van der Waals surface area contributed by atoms with Crippen LogP contribution in [0.15, 0.2) is 41.6 Å². The molecule has 0 unspecified atom stereocenters. The number of phenolic OH excluding ortho intramolecular Hbond substituents is 1. The molecule has 1 heterocycles. The molecular weight excluding hydrogens is 264 g/mol. The number of carbonyl (C=O) groups excluding carboxylic acids is 1. The standard InChI is InChI=1S/C12H10N4O4/c17-11-4-3-9(16(19)20)6-8(11)7-14-15-12(18)10-2-1-5-13-10/h1-7,13,17H,(H,15,18)/b14-7-. The third-order valence-corrected chi connectivity index (χ3v) is 2.43. The molecule has 0 saturated heterocycles. The number of rotatable bonds is 4. The number of phenols is 1. The summed E-state index contributed by atoms with van der Waals surface area (Å²) in [6.07, 6.45) is 2.72. The van der Waals surface area contributed by atoms with Gasteiger partial charge in [0.1, 0.15) is 11.4 Å². The molecule has 2 aromatic rings. The molecule has 102 valence electrons. The predicted octanol–water partition coefficient (Wildman–Crippen LogP) is 1.39. The molecule has 0 bridgehead atoms. The zero-order chi connectivity index (χ0) is 14.5. The summed E-state index contributed by atoms with van der Waals surface area (Å²) in [6.45, 7) is 0. The number of H-pyrrole nitrogens is 1. The van der Waals surface area contributed by atoms with E-state index < -0.39 is 10.8 Å². The third-order valence-electron chi connectivity index (χ3n) is 2.43. The number of aromatic nitrogens is 1.